The summed E-state index contributed by atoms with van der Waals surface area (Å²) in [5.74, 6) is 1.58. The van der Waals surface area contributed by atoms with Gasteiger partial charge in [-0.25, -0.2) is 0 Å². The monoisotopic (exact) mass is 278 g/mol. The summed E-state index contributed by atoms with van der Waals surface area (Å²) < 4.78 is 7.45. The molecule has 0 saturated heterocycles. The number of nitrogens with one attached hydrogen (secondary N) is 1. The van der Waals surface area contributed by atoms with Gasteiger partial charge in [-0.1, -0.05) is 20.8 Å². The summed E-state index contributed by atoms with van der Waals surface area (Å²) in [5, 5.41) is 12.2. The highest BCUT2D eigenvalue weighted by Crippen LogP contribution is 2.34. The minimum absolute atomic E-state index is 0.00733. The fraction of sp³-hybridized carbons (Fsp3) is 0.538. The summed E-state index contributed by atoms with van der Waals surface area (Å²) in [5.41, 5.74) is 2.05. The van der Waals surface area contributed by atoms with Crippen molar-refractivity contribution in [2.75, 3.05) is 12.9 Å². The molecule has 0 aromatic carbocycles. The lowest BCUT2D eigenvalue weighted by Crippen LogP contribution is -2.13. The van der Waals surface area contributed by atoms with Crippen molar-refractivity contribution < 1.29 is 4.74 Å². The number of hydrogen-bond donors (Lipinski definition) is 1. The predicted molar refractivity (Wildman–Crippen MR) is 76.4 cm³/mol. The number of ether oxygens (including phenoxy) is 1. The Morgan fingerprint density at radius 1 is 1.42 bits per heavy atom. The highest BCUT2D eigenvalue weighted by atomic mass is 32.2. The minimum Gasteiger partial charge on any atom is -0.490 e. The Balaban J connectivity index is 2.21. The lowest BCUT2D eigenvalue weighted by molar-refractivity contribution is 0.304. The van der Waals surface area contributed by atoms with Gasteiger partial charge < -0.3 is 4.74 Å². The van der Waals surface area contributed by atoms with Crippen LogP contribution >= 0.6 is 11.8 Å². The molecule has 0 amide bonds. The molecule has 0 unspecified atom stereocenters. The van der Waals surface area contributed by atoms with E-state index >= 15 is 0 Å². The van der Waals surface area contributed by atoms with E-state index < -0.39 is 0 Å². The number of aromatic amines is 1. The zero-order valence-electron chi connectivity index (χ0n) is 11.6. The molecule has 1 N–H and O–H groups in total. The van der Waals surface area contributed by atoms with Crippen LogP contribution < -0.4 is 0 Å². The van der Waals surface area contributed by atoms with E-state index in [2.05, 4.69) is 43.3 Å². The van der Waals surface area contributed by atoms with Crippen molar-refractivity contribution in [1.29, 1.82) is 0 Å². The van der Waals surface area contributed by atoms with Gasteiger partial charge in [0.05, 0.1) is 17.2 Å². The van der Waals surface area contributed by atoms with Crippen molar-refractivity contribution in [1.82, 2.24) is 19.8 Å². The summed E-state index contributed by atoms with van der Waals surface area (Å²) in [6.07, 6.45) is 5.07. The molecule has 0 aliphatic carbocycles. The second kappa shape index (κ2) is 4.30. The third-order valence-electron chi connectivity index (χ3n) is 3.15. The summed E-state index contributed by atoms with van der Waals surface area (Å²) in [4.78, 5) is 1.16. The molecule has 3 heterocycles. The van der Waals surface area contributed by atoms with Crippen LogP contribution in [-0.2, 0) is 10.2 Å². The second-order valence-corrected chi connectivity index (χ2v) is 6.46. The van der Waals surface area contributed by atoms with Gasteiger partial charge in [-0.15, -0.1) is 16.9 Å². The van der Waals surface area contributed by atoms with Crippen LogP contribution in [0.25, 0.3) is 11.4 Å². The Morgan fingerprint density at radius 2 is 2.21 bits per heavy atom. The average Bonchev–Trinajstić information content (AvgIpc) is 3.02. The van der Waals surface area contributed by atoms with Crippen molar-refractivity contribution in [3.05, 3.63) is 17.6 Å². The van der Waals surface area contributed by atoms with Crippen LogP contribution in [0, 0.1) is 0 Å². The number of H-pyrrole nitrogens is 1. The fourth-order valence-electron chi connectivity index (χ4n) is 2.23. The molecule has 0 fully saturated rings. The van der Waals surface area contributed by atoms with E-state index in [1.165, 1.54) is 0 Å². The molecular formula is C13H18N4OS. The largest absolute Gasteiger partial charge is 0.490 e. The standard InChI is InChI=1S/C13H18N4OS/c1-13(2,3)10-9(19-4)12-15-14-11(17(12)16-10)8-6-5-7-18-8/h6,15H,5,7H2,1-4H3. The first-order valence-corrected chi connectivity index (χ1v) is 7.59. The Kier molecular flexibility index (Phi) is 2.85. The van der Waals surface area contributed by atoms with Gasteiger partial charge in [0.15, 0.2) is 11.4 Å². The SMILES string of the molecule is CSc1c(C(C)(C)C)nn2c(C3=CCCO3)n[nH]c12. The Labute approximate surface area is 116 Å². The molecule has 0 bridgehead atoms. The first-order valence-electron chi connectivity index (χ1n) is 6.37. The third kappa shape index (κ3) is 1.94. The maximum Gasteiger partial charge on any atom is 0.217 e. The van der Waals surface area contributed by atoms with Gasteiger partial charge in [-0.3, -0.25) is 5.10 Å². The van der Waals surface area contributed by atoms with Crippen LogP contribution in [0.2, 0.25) is 0 Å². The highest BCUT2D eigenvalue weighted by Gasteiger charge is 2.27. The average molecular weight is 278 g/mol. The molecule has 6 heteroatoms. The van der Waals surface area contributed by atoms with Crippen LogP contribution in [0.3, 0.4) is 0 Å². The van der Waals surface area contributed by atoms with Gasteiger partial charge in [-0.2, -0.15) is 9.61 Å². The normalized spacial score (nSPS) is 15.9. The summed E-state index contributed by atoms with van der Waals surface area (Å²) in [7, 11) is 0. The summed E-state index contributed by atoms with van der Waals surface area (Å²) >= 11 is 1.70. The van der Waals surface area contributed by atoms with E-state index in [0.717, 1.165) is 40.8 Å². The van der Waals surface area contributed by atoms with E-state index in [1.807, 2.05) is 4.52 Å². The molecule has 3 rings (SSSR count). The number of fused-ring (bicyclic) bond motifs is 1. The second-order valence-electron chi connectivity index (χ2n) is 5.64. The molecule has 1 aliphatic rings. The number of rotatable bonds is 2. The van der Waals surface area contributed by atoms with Crippen LogP contribution in [0.15, 0.2) is 11.0 Å². The number of aromatic nitrogens is 4. The Bertz CT molecular complexity index is 647. The number of hydrogen-bond acceptors (Lipinski definition) is 4. The van der Waals surface area contributed by atoms with Crippen LogP contribution in [0.1, 0.15) is 38.7 Å². The molecule has 0 saturated carbocycles. The molecule has 0 spiro atoms. The third-order valence-corrected chi connectivity index (χ3v) is 3.95. The highest BCUT2D eigenvalue weighted by molar-refractivity contribution is 7.98. The van der Waals surface area contributed by atoms with Crippen molar-refractivity contribution >= 4 is 23.2 Å². The van der Waals surface area contributed by atoms with E-state index in [1.54, 1.807) is 11.8 Å². The van der Waals surface area contributed by atoms with Crippen molar-refractivity contribution in [2.24, 2.45) is 0 Å². The topological polar surface area (TPSA) is 55.2 Å². The number of thioether (sulfide) groups is 1. The van der Waals surface area contributed by atoms with Gasteiger partial charge in [0.25, 0.3) is 0 Å². The van der Waals surface area contributed by atoms with Crippen molar-refractivity contribution in [3.63, 3.8) is 0 Å². The van der Waals surface area contributed by atoms with E-state index in [9.17, 15) is 0 Å². The molecule has 0 radical (unpaired) electrons. The zero-order chi connectivity index (χ0) is 13.6. The van der Waals surface area contributed by atoms with Gasteiger partial charge in [0.1, 0.15) is 0 Å². The molecule has 0 atom stereocenters. The van der Waals surface area contributed by atoms with Gasteiger partial charge in [0.2, 0.25) is 5.82 Å². The van der Waals surface area contributed by atoms with Crippen LogP contribution in [-0.4, -0.2) is 32.7 Å². The first-order chi connectivity index (χ1) is 9.02. The Hall–Kier alpha value is -1.43. The summed E-state index contributed by atoms with van der Waals surface area (Å²) in [6, 6.07) is 0. The lowest BCUT2D eigenvalue weighted by atomic mass is 9.92. The molecule has 1 aliphatic heterocycles. The number of nitrogens with zero attached hydrogens (tertiary/aromatic N) is 3. The molecule has 5 nitrogen and oxygen atoms in total. The quantitative estimate of drug-likeness (QED) is 0.858. The molecule has 102 valence electrons. The van der Waals surface area contributed by atoms with Gasteiger partial charge in [-0.05, 0) is 12.3 Å². The fourth-order valence-corrected chi connectivity index (χ4v) is 3.09. The van der Waals surface area contributed by atoms with E-state index in [0.29, 0.717) is 0 Å². The Morgan fingerprint density at radius 3 is 2.79 bits per heavy atom. The zero-order valence-corrected chi connectivity index (χ0v) is 12.5. The van der Waals surface area contributed by atoms with Gasteiger partial charge in [0, 0.05) is 11.8 Å². The van der Waals surface area contributed by atoms with Crippen LogP contribution in [0.4, 0.5) is 0 Å². The van der Waals surface area contributed by atoms with Crippen molar-refractivity contribution in [3.8, 4) is 0 Å². The molecule has 19 heavy (non-hydrogen) atoms. The molecule has 2 aromatic rings. The predicted octanol–water partition coefficient (Wildman–Crippen LogP) is 2.84. The van der Waals surface area contributed by atoms with E-state index in [-0.39, 0.29) is 5.41 Å². The summed E-state index contributed by atoms with van der Waals surface area (Å²) in [6.45, 7) is 7.25. The first kappa shape index (κ1) is 12.6. The van der Waals surface area contributed by atoms with Crippen molar-refractivity contribution in [2.45, 2.75) is 37.5 Å². The van der Waals surface area contributed by atoms with E-state index in [4.69, 9.17) is 9.84 Å². The molecule has 2 aromatic heterocycles. The maximum atomic E-state index is 5.58. The van der Waals surface area contributed by atoms with Gasteiger partial charge >= 0.3 is 0 Å². The minimum atomic E-state index is 0.00733. The lowest BCUT2D eigenvalue weighted by Gasteiger charge is -2.16. The maximum absolute atomic E-state index is 5.58. The van der Waals surface area contributed by atoms with Crippen LogP contribution in [0.5, 0.6) is 0 Å². The smallest absolute Gasteiger partial charge is 0.217 e. The molecular weight excluding hydrogens is 260 g/mol.